The van der Waals surface area contributed by atoms with Gasteiger partial charge in [-0.1, -0.05) is 0 Å². The Hall–Kier alpha value is -1.57. The number of halogens is 1. The molecule has 0 aromatic carbocycles. The summed E-state index contributed by atoms with van der Waals surface area (Å²) in [6.45, 7) is 4.54. The van der Waals surface area contributed by atoms with Gasteiger partial charge < -0.3 is 25.1 Å². The van der Waals surface area contributed by atoms with Crippen LogP contribution in [0.2, 0.25) is 0 Å². The van der Waals surface area contributed by atoms with Crippen LogP contribution in [0.25, 0.3) is 0 Å². The highest BCUT2D eigenvalue weighted by Gasteiger charge is 2.20. The molecule has 0 aliphatic carbocycles. The Labute approximate surface area is 135 Å². The molecule has 1 unspecified atom stereocenters. The fourth-order valence-corrected chi connectivity index (χ4v) is 2.04. The van der Waals surface area contributed by atoms with Crippen LogP contribution < -0.4 is 16.0 Å². The summed E-state index contributed by atoms with van der Waals surface area (Å²) < 4.78 is 10.3. The summed E-state index contributed by atoms with van der Waals surface area (Å²) in [6.07, 6.45) is 2.15. The Morgan fingerprint density at radius 2 is 2.14 bits per heavy atom. The number of carbonyl (C=O) groups is 2. The van der Waals surface area contributed by atoms with E-state index in [1.807, 2.05) is 6.92 Å². The molecule has 2 amide bonds. The van der Waals surface area contributed by atoms with Crippen molar-refractivity contribution in [2.75, 3.05) is 32.8 Å². The highest BCUT2D eigenvalue weighted by Crippen LogP contribution is 2.07. The standard InChI is InChI=1S/C14H21N3O4.ClH/c1-10-3-7-21-12(10)14(19)17-5-2-4-16-13(18)11-9-20-8-6-15-11;/h3,7,11,15H,2,4-6,8-9H2,1H3,(H,16,18)(H,17,19);1H. The van der Waals surface area contributed by atoms with Crippen LogP contribution in [0.5, 0.6) is 0 Å². The molecule has 3 N–H and O–H groups in total. The first-order chi connectivity index (χ1) is 10.2. The zero-order valence-corrected chi connectivity index (χ0v) is 13.3. The summed E-state index contributed by atoms with van der Waals surface area (Å²) >= 11 is 0. The molecule has 1 atom stereocenters. The quantitative estimate of drug-likeness (QED) is 0.649. The third kappa shape index (κ3) is 5.32. The molecule has 0 saturated carbocycles. The molecule has 1 aliphatic heterocycles. The van der Waals surface area contributed by atoms with Gasteiger partial charge in [0.15, 0.2) is 5.76 Å². The number of furan rings is 1. The van der Waals surface area contributed by atoms with E-state index in [9.17, 15) is 9.59 Å². The Morgan fingerprint density at radius 1 is 1.36 bits per heavy atom. The zero-order valence-electron chi connectivity index (χ0n) is 12.5. The average Bonchev–Trinajstić information content (AvgIpc) is 2.93. The molecule has 124 valence electrons. The largest absolute Gasteiger partial charge is 0.459 e. The van der Waals surface area contributed by atoms with Crippen molar-refractivity contribution < 1.29 is 18.7 Å². The maximum Gasteiger partial charge on any atom is 0.287 e. The summed E-state index contributed by atoms with van der Waals surface area (Å²) in [5, 5.41) is 8.65. The average molecular weight is 332 g/mol. The lowest BCUT2D eigenvalue weighted by atomic mass is 10.2. The fourth-order valence-electron chi connectivity index (χ4n) is 2.04. The van der Waals surface area contributed by atoms with E-state index in [2.05, 4.69) is 16.0 Å². The highest BCUT2D eigenvalue weighted by molar-refractivity contribution is 5.92. The normalized spacial score (nSPS) is 17.4. The van der Waals surface area contributed by atoms with Crippen LogP contribution in [0, 0.1) is 6.92 Å². The van der Waals surface area contributed by atoms with E-state index < -0.39 is 0 Å². The van der Waals surface area contributed by atoms with Crippen LogP contribution in [0.1, 0.15) is 22.5 Å². The van der Waals surface area contributed by atoms with Gasteiger partial charge in [-0.15, -0.1) is 12.4 Å². The molecule has 1 aromatic heterocycles. The number of amides is 2. The molecule has 7 nitrogen and oxygen atoms in total. The molecule has 2 heterocycles. The van der Waals surface area contributed by atoms with Crippen molar-refractivity contribution in [2.45, 2.75) is 19.4 Å². The van der Waals surface area contributed by atoms with Crippen LogP contribution >= 0.6 is 12.4 Å². The minimum absolute atomic E-state index is 0. The first-order valence-corrected chi connectivity index (χ1v) is 7.09. The first kappa shape index (κ1) is 18.5. The van der Waals surface area contributed by atoms with Crippen LogP contribution in [0.15, 0.2) is 16.7 Å². The number of hydrogen-bond acceptors (Lipinski definition) is 5. The maximum absolute atomic E-state index is 11.8. The summed E-state index contributed by atoms with van der Waals surface area (Å²) in [6, 6.07) is 1.47. The van der Waals surface area contributed by atoms with Crippen LogP contribution in [0.3, 0.4) is 0 Å². The highest BCUT2D eigenvalue weighted by atomic mass is 35.5. The third-order valence-electron chi connectivity index (χ3n) is 3.24. The van der Waals surface area contributed by atoms with Gasteiger partial charge in [-0.2, -0.15) is 0 Å². The van der Waals surface area contributed by atoms with E-state index in [1.165, 1.54) is 6.26 Å². The van der Waals surface area contributed by atoms with E-state index in [0.29, 0.717) is 45.0 Å². The van der Waals surface area contributed by atoms with Crippen molar-refractivity contribution in [2.24, 2.45) is 0 Å². The number of morpholine rings is 1. The zero-order chi connectivity index (χ0) is 15.1. The topological polar surface area (TPSA) is 92.6 Å². The third-order valence-corrected chi connectivity index (χ3v) is 3.24. The van der Waals surface area contributed by atoms with Crippen molar-refractivity contribution in [1.82, 2.24) is 16.0 Å². The second-order valence-electron chi connectivity index (χ2n) is 4.91. The molecule has 1 aliphatic rings. The molecule has 1 saturated heterocycles. The molecule has 1 fully saturated rings. The molecule has 0 radical (unpaired) electrons. The number of ether oxygens (including phenoxy) is 1. The molecule has 0 bridgehead atoms. The van der Waals surface area contributed by atoms with Gasteiger partial charge in [0.1, 0.15) is 6.04 Å². The van der Waals surface area contributed by atoms with E-state index in [0.717, 1.165) is 5.56 Å². The van der Waals surface area contributed by atoms with E-state index in [-0.39, 0.29) is 30.3 Å². The first-order valence-electron chi connectivity index (χ1n) is 7.09. The number of aryl methyl sites for hydroxylation is 1. The molecule has 2 rings (SSSR count). The van der Waals surface area contributed by atoms with Gasteiger partial charge in [-0.25, -0.2) is 0 Å². The van der Waals surface area contributed by atoms with Gasteiger partial charge in [0.2, 0.25) is 5.91 Å². The van der Waals surface area contributed by atoms with Gasteiger partial charge >= 0.3 is 0 Å². The summed E-state index contributed by atoms with van der Waals surface area (Å²) in [5.74, 6) is 0.0386. The van der Waals surface area contributed by atoms with Gasteiger partial charge in [0.25, 0.3) is 5.91 Å². The Balaban J connectivity index is 0.00000242. The molecule has 1 aromatic rings. The van der Waals surface area contributed by atoms with Gasteiger partial charge in [0, 0.05) is 25.2 Å². The van der Waals surface area contributed by atoms with Crippen molar-refractivity contribution in [3.05, 3.63) is 23.7 Å². The maximum atomic E-state index is 11.8. The Kier molecular flexibility index (Phi) is 7.94. The minimum Gasteiger partial charge on any atom is -0.459 e. The number of nitrogens with one attached hydrogen (secondary N) is 3. The van der Waals surface area contributed by atoms with Gasteiger partial charge in [0.05, 0.1) is 19.5 Å². The van der Waals surface area contributed by atoms with E-state index in [1.54, 1.807) is 6.07 Å². The summed E-state index contributed by atoms with van der Waals surface area (Å²) in [5.41, 5.74) is 0.809. The molecule has 22 heavy (non-hydrogen) atoms. The van der Waals surface area contributed by atoms with Crippen molar-refractivity contribution in [3.63, 3.8) is 0 Å². The fraction of sp³-hybridized carbons (Fsp3) is 0.571. The monoisotopic (exact) mass is 331 g/mol. The van der Waals surface area contributed by atoms with Crippen molar-refractivity contribution >= 4 is 24.2 Å². The van der Waals surface area contributed by atoms with Crippen LogP contribution in [0.4, 0.5) is 0 Å². The lowest BCUT2D eigenvalue weighted by molar-refractivity contribution is -0.125. The molecular formula is C14H22ClN3O4. The van der Waals surface area contributed by atoms with Gasteiger partial charge in [-0.05, 0) is 19.4 Å². The summed E-state index contributed by atoms with van der Waals surface area (Å²) in [7, 11) is 0. The molecular weight excluding hydrogens is 310 g/mol. The number of carbonyl (C=O) groups excluding carboxylic acids is 2. The van der Waals surface area contributed by atoms with E-state index in [4.69, 9.17) is 9.15 Å². The number of rotatable bonds is 6. The summed E-state index contributed by atoms with van der Waals surface area (Å²) in [4.78, 5) is 23.5. The molecule has 0 spiro atoms. The van der Waals surface area contributed by atoms with E-state index >= 15 is 0 Å². The predicted octanol–water partition coefficient (Wildman–Crippen LogP) is 0.234. The van der Waals surface area contributed by atoms with Gasteiger partial charge in [-0.3, -0.25) is 9.59 Å². The smallest absolute Gasteiger partial charge is 0.287 e. The second kappa shape index (κ2) is 9.45. The van der Waals surface area contributed by atoms with Crippen LogP contribution in [-0.4, -0.2) is 50.7 Å². The van der Waals surface area contributed by atoms with Crippen molar-refractivity contribution in [1.29, 1.82) is 0 Å². The lowest BCUT2D eigenvalue weighted by Gasteiger charge is -2.22. The van der Waals surface area contributed by atoms with Crippen molar-refractivity contribution in [3.8, 4) is 0 Å². The Morgan fingerprint density at radius 3 is 2.77 bits per heavy atom. The SMILES string of the molecule is Cc1ccoc1C(=O)NCCCNC(=O)C1COCCN1.Cl. The molecule has 8 heteroatoms. The number of hydrogen-bond donors (Lipinski definition) is 3. The minimum atomic E-state index is -0.279. The van der Waals surface area contributed by atoms with Crippen LogP contribution in [-0.2, 0) is 9.53 Å². The second-order valence-corrected chi connectivity index (χ2v) is 4.91. The predicted molar refractivity (Wildman–Crippen MR) is 83.3 cm³/mol. The lowest BCUT2D eigenvalue weighted by Crippen LogP contribution is -2.51. The Bertz CT molecular complexity index is 486.